The predicted octanol–water partition coefficient (Wildman–Crippen LogP) is 4.31. The molecule has 0 aliphatic heterocycles. The first kappa shape index (κ1) is 15.4. The molecule has 0 aliphatic rings. The van der Waals surface area contributed by atoms with Gasteiger partial charge in [-0.2, -0.15) is 5.26 Å². The van der Waals surface area contributed by atoms with Gasteiger partial charge in [0.25, 0.3) is 0 Å². The van der Waals surface area contributed by atoms with E-state index in [0.29, 0.717) is 22.2 Å². The van der Waals surface area contributed by atoms with Crippen LogP contribution in [0.1, 0.15) is 5.56 Å². The molecule has 1 N–H and O–H groups in total. The van der Waals surface area contributed by atoms with Crippen molar-refractivity contribution in [2.75, 3.05) is 5.32 Å². The van der Waals surface area contributed by atoms with Crippen LogP contribution in [0.4, 0.5) is 5.69 Å². The van der Waals surface area contributed by atoms with Crippen LogP contribution in [0.2, 0.25) is 10.0 Å². The summed E-state index contributed by atoms with van der Waals surface area (Å²) in [6.45, 7) is 0. The number of amides is 1. The largest absolute Gasteiger partial charge is 0.322 e. The molecule has 0 heterocycles. The molecule has 0 saturated carbocycles. The summed E-state index contributed by atoms with van der Waals surface area (Å²) in [4.78, 5) is 12.2. The molecular formula is C16H12Cl2N2O. The fraction of sp³-hybridized carbons (Fsp3) is 0.125. The summed E-state index contributed by atoms with van der Waals surface area (Å²) in [5.74, 6) is -1.23. The number of benzene rings is 2. The molecule has 0 spiro atoms. The molecule has 0 aromatic heterocycles. The number of hydrogen-bond acceptors (Lipinski definition) is 2. The summed E-state index contributed by atoms with van der Waals surface area (Å²) in [5.41, 5.74) is 1.25. The average Bonchev–Trinajstić information content (AvgIpc) is 2.49. The van der Waals surface area contributed by atoms with E-state index in [1.54, 1.807) is 18.2 Å². The summed E-state index contributed by atoms with van der Waals surface area (Å²) in [6, 6.07) is 16.3. The van der Waals surface area contributed by atoms with E-state index in [9.17, 15) is 10.1 Å². The van der Waals surface area contributed by atoms with E-state index < -0.39 is 11.8 Å². The molecule has 2 aromatic rings. The molecule has 0 aliphatic carbocycles. The molecule has 0 bridgehead atoms. The number of para-hydroxylation sites is 1. The molecule has 1 amide bonds. The Kier molecular flexibility index (Phi) is 5.21. The Bertz CT molecular complexity index is 660. The Morgan fingerprint density at radius 3 is 2.29 bits per heavy atom. The third-order valence-electron chi connectivity index (χ3n) is 2.97. The number of hydrogen-bond donors (Lipinski definition) is 1. The Balaban J connectivity index is 2.13. The molecule has 3 nitrogen and oxygen atoms in total. The van der Waals surface area contributed by atoms with E-state index in [4.69, 9.17) is 23.2 Å². The topological polar surface area (TPSA) is 52.9 Å². The van der Waals surface area contributed by atoms with Crippen LogP contribution in [-0.4, -0.2) is 5.91 Å². The normalized spacial score (nSPS) is 11.5. The van der Waals surface area contributed by atoms with Crippen molar-refractivity contribution >= 4 is 34.8 Å². The molecule has 21 heavy (non-hydrogen) atoms. The highest BCUT2D eigenvalue weighted by molar-refractivity contribution is 6.39. The second-order valence-corrected chi connectivity index (χ2v) is 5.27. The van der Waals surface area contributed by atoms with Gasteiger partial charge in [0.1, 0.15) is 5.92 Å². The van der Waals surface area contributed by atoms with Gasteiger partial charge in [0, 0.05) is 0 Å². The summed E-state index contributed by atoms with van der Waals surface area (Å²) in [5, 5.41) is 12.5. The monoisotopic (exact) mass is 318 g/mol. The van der Waals surface area contributed by atoms with Crippen molar-refractivity contribution in [2.45, 2.75) is 6.42 Å². The molecule has 0 radical (unpaired) electrons. The molecule has 106 valence electrons. The van der Waals surface area contributed by atoms with Crippen molar-refractivity contribution < 1.29 is 4.79 Å². The number of carbonyl (C=O) groups excluding carboxylic acids is 1. The Morgan fingerprint density at radius 2 is 1.71 bits per heavy atom. The van der Waals surface area contributed by atoms with Crippen molar-refractivity contribution in [1.29, 1.82) is 5.26 Å². The Labute approximate surface area is 133 Å². The van der Waals surface area contributed by atoms with Crippen molar-refractivity contribution in [3.63, 3.8) is 0 Å². The van der Waals surface area contributed by atoms with E-state index in [-0.39, 0.29) is 0 Å². The van der Waals surface area contributed by atoms with E-state index in [0.717, 1.165) is 5.56 Å². The molecule has 0 saturated heterocycles. The lowest BCUT2D eigenvalue weighted by atomic mass is 10.00. The zero-order valence-corrected chi connectivity index (χ0v) is 12.5. The Morgan fingerprint density at radius 1 is 1.10 bits per heavy atom. The molecule has 2 aromatic carbocycles. The highest BCUT2D eigenvalue weighted by Gasteiger charge is 2.20. The Hall–Kier alpha value is -2.02. The second-order valence-electron chi connectivity index (χ2n) is 4.46. The van der Waals surface area contributed by atoms with Crippen LogP contribution in [0.3, 0.4) is 0 Å². The van der Waals surface area contributed by atoms with Gasteiger partial charge in [0.05, 0.1) is 21.8 Å². The first-order valence-electron chi connectivity index (χ1n) is 6.30. The summed E-state index contributed by atoms with van der Waals surface area (Å²) < 4.78 is 0. The number of rotatable bonds is 4. The van der Waals surface area contributed by atoms with Crippen LogP contribution in [0.25, 0.3) is 0 Å². The number of nitrogens with one attached hydrogen (secondary N) is 1. The van der Waals surface area contributed by atoms with Gasteiger partial charge in [-0.15, -0.1) is 0 Å². The van der Waals surface area contributed by atoms with Gasteiger partial charge in [-0.25, -0.2) is 0 Å². The summed E-state index contributed by atoms with van der Waals surface area (Å²) in [7, 11) is 0. The van der Waals surface area contributed by atoms with Crippen molar-refractivity contribution in [1.82, 2.24) is 0 Å². The highest BCUT2D eigenvalue weighted by Crippen LogP contribution is 2.30. The maximum absolute atomic E-state index is 12.2. The van der Waals surface area contributed by atoms with Gasteiger partial charge in [-0.1, -0.05) is 59.6 Å². The maximum atomic E-state index is 12.2. The molecule has 5 heteroatoms. The van der Waals surface area contributed by atoms with E-state index in [1.807, 2.05) is 36.4 Å². The first-order valence-corrected chi connectivity index (χ1v) is 7.06. The third kappa shape index (κ3) is 3.98. The van der Waals surface area contributed by atoms with Crippen LogP contribution in [0.15, 0.2) is 48.5 Å². The fourth-order valence-electron chi connectivity index (χ4n) is 1.87. The van der Waals surface area contributed by atoms with Crippen molar-refractivity contribution in [2.24, 2.45) is 5.92 Å². The minimum Gasteiger partial charge on any atom is -0.322 e. The average molecular weight is 319 g/mol. The number of carbonyl (C=O) groups is 1. The minimum absolute atomic E-state index is 0.333. The van der Waals surface area contributed by atoms with Gasteiger partial charge in [0.15, 0.2) is 0 Å². The van der Waals surface area contributed by atoms with Crippen LogP contribution >= 0.6 is 23.2 Å². The number of halogens is 2. The SMILES string of the molecule is N#CC(Cc1ccccc1)C(=O)Nc1c(Cl)cccc1Cl. The zero-order valence-electron chi connectivity index (χ0n) is 11.0. The smallest absolute Gasteiger partial charge is 0.242 e. The van der Waals surface area contributed by atoms with E-state index >= 15 is 0 Å². The van der Waals surface area contributed by atoms with Gasteiger partial charge >= 0.3 is 0 Å². The zero-order chi connectivity index (χ0) is 15.2. The van der Waals surface area contributed by atoms with Crippen LogP contribution < -0.4 is 5.32 Å². The fourth-order valence-corrected chi connectivity index (χ4v) is 2.37. The van der Waals surface area contributed by atoms with Crippen molar-refractivity contribution in [3.05, 3.63) is 64.1 Å². The van der Waals surface area contributed by atoms with Crippen LogP contribution in [-0.2, 0) is 11.2 Å². The molecule has 1 atom stereocenters. The van der Waals surface area contributed by atoms with Gasteiger partial charge in [-0.05, 0) is 24.1 Å². The van der Waals surface area contributed by atoms with E-state index in [2.05, 4.69) is 5.32 Å². The van der Waals surface area contributed by atoms with Crippen molar-refractivity contribution in [3.8, 4) is 6.07 Å². The number of nitrogens with zero attached hydrogens (tertiary/aromatic N) is 1. The highest BCUT2D eigenvalue weighted by atomic mass is 35.5. The summed E-state index contributed by atoms with van der Waals surface area (Å²) >= 11 is 12.0. The minimum atomic E-state index is -0.806. The van der Waals surface area contributed by atoms with Gasteiger partial charge < -0.3 is 5.32 Å². The van der Waals surface area contributed by atoms with Gasteiger partial charge in [-0.3, -0.25) is 4.79 Å². The van der Waals surface area contributed by atoms with Crippen LogP contribution in [0.5, 0.6) is 0 Å². The van der Waals surface area contributed by atoms with Crippen LogP contribution in [0, 0.1) is 17.2 Å². The number of anilines is 1. The lowest BCUT2D eigenvalue weighted by Crippen LogP contribution is -2.23. The lowest BCUT2D eigenvalue weighted by molar-refractivity contribution is -0.118. The first-order chi connectivity index (χ1) is 10.1. The standard InChI is InChI=1S/C16H12Cl2N2O/c17-13-7-4-8-14(18)15(13)20-16(21)12(10-19)9-11-5-2-1-3-6-11/h1-8,12H,9H2,(H,20,21). The predicted molar refractivity (Wildman–Crippen MR) is 84.3 cm³/mol. The molecule has 0 fully saturated rings. The molecular weight excluding hydrogens is 307 g/mol. The maximum Gasteiger partial charge on any atom is 0.242 e. The quantitative estimate of drug-likeness (QED) is 0.913. The third-order valence-corrected chi connectivity index (χ3v) is 3.60. The second kappa shape index (κ2) is 7.12. The van der Waals surface area contributed by atoms with Gasteiger partial charge in [0.2, 0.25) is 5.91 Å². The molecule has 1 unspecified atom stereocenters. The lowest BCUT2D eigenvalue weighted by Gasteiger charge is -2.12. The number of nitriles is 1. The summed E-state index contributed by atoms with van der Waals surface area (Å²) in [6.07, 6.45) is 0.339. The van der Waals surface area contributed by atoms with E-state index in [1.165, 1.54) is 0 Å². The molecule has 2 rings (SSSR count).